The minimum atomic E-state index is -1.05. The molecule has 3 atom stereocenters. The van der Waals surface area contributed by atoms with Crippen molar-refractivity contribution < 1.29 is 38.1 Å². The monoisotopic (exact) mass is 404 g/mol. The van der Waals surface area contributed by atoms with Crippen molar-refractivity contribution in [2.24, 2.45) is 0 Å². The summed E-state index contributed by atoms with van der Waals surface area (Å²) in [6, 6.07) is 7.17. The Kier molecular flexibility index (Phi) is 6.38. The Bertz CT molecular complexity index is 905. The van der Waals surface area contributed by atoms with Gasteiger partial charge in [-0.15, -0.1) is 0 Å². The van der Waals surface area contributed by atoms with Gasteiger partial charge in [0.2, 0.25) is 6.29 Å². The number of ether oxygens (including phenoxy) is 5. The quantitative estimate of drug-likeness (QED) is 0.576. The Morgan fingerprint density at radius 3 is 2.62 bits per heavy atom. The molecule has 0 amide bonds. The Morgan fingerprint density at radius 2 is 1.93 bits per heavy atom. The van der Waals surface area contributed by atoms with E-state index in [9.17, 15) is 14.4 Å². The molecule has 0 aliphatic carbocycles. The molecule has 2 aromatic rings. The number of carbonyl (C=O) groups excluding carboxylic acids is 3. The summed E-state index contributed by atoms with van der Waals surface area (Å²) in [6.45, 7) is 2.61. The predicted octanol–water partition coefficient (Wildman–Crippen LogP) is 2.15. The molecule has 0 spiro atoms. The van der Waals surface area contributed by atoms with Gasteiger partial charge in [-0.3, -0.25) is 9.59 Å². The van der Waals surface area contributed by atoms with E-state index in [-0.39, 0.29) is 18.1 Å². The molecule has 1 radical (unpaired) electrons. The first kappa shape index (κ1) is 20.7. The SMILES string of the molecule is COC(=O)c1[nH]c2ccccc2c1OC1O[C@H](COC(C)=O)C[CH][C@H]1OC(C)=O. The molecule has 3 rings (SSSR count). The summed E-state index contributed by atoms with van der Waals surface area (Å²) >= 11 is 0. The van der Waals surface area contributed by atoms with E-state index in [1.165, 1.54) is 21.0 Å². The van der Waals surface area contributed by atoms with Crippen LogP contribution in [-0.2, 0) is 28.5 Å². The standard InChI is InChI=1S/C20H22NO8/c1-11(22)26-10-13-8-9-16(27-12(2)23)20(28-13)29-18-14-6-4-5-7-15(14)21-17(18)19(24)25-3/h4-7,9,13,16,20-21H,8,10H2,1-3H3/t13-,16+,20?/m0/s1. The molecule has 1 saturated heterocycles. The number of hydrogen-bond acceptors (Lipinski definition) is 8. The zero-order chi connectivity index (χ0) is 21.0. The van der Waals surface area contributed by atoms with Crippen LogP contribution in [0.3, 0.4) is 0 Å². The average Bonchev–Trinajstić information content (AvgIpc) is 3.05. The number of nitrogens with one attached hydrogen (secondary N) is 1. The third-order valence-electron chi connectivity index (χ3n) is 4.28. The summed E-state index contributed by atoms with van der Waals surface area (Å²) in [5, 5.41) is 0.639. The molecular formula is C20H22NO8. The molecular weight excluding hydrogens is 382 g/mol. The number of rotatable bonds is 6. The van der Waals surface area contributed by atoms with E-state index in [4.69, 9.17) is 23.7 Å². The van der Waals surface area contributed by atoms with Crippen molar-refractivity contribution in [1.29, 1.82) is 0 Å². The molecule has 1 aromatic heterocycles. The fourth-order valence-electron chi connectivity index (χ4n) is 3.03. The first-order valence-corrected chi connectivity index (χ1v) is 9.04. The summed E-state index contributed by atoms with van der Waals surface area (Å²) < 4.78 is 27.0. The number of H-pyrrole nitrogens is 1. The Labute approximate surface area is 167 Å². The van der Waals surface area contributed by atoms with Crippen LogP contribution in [0.15, 0.2) is 24.3 Å². The molecule has 2 heterocycles. The van der Waals surface area contributed by atoms with Crippen LogP contribution in [-0.4, -0.2) is 55.1 Å². The maximum atomic E-state index is 12.2. The van der Waals surface area contributed by atoms with Crippen LogP contribution in [0.1, 0.15) is 30.8 Å². The van der Waals surface area contributed by atoms with Gasteiger partial charge in [0.05, 0.1) is 13.2 Å². The molecule has 1 aliphatic heterocycles. The van der Waals surface area contributed by atoms with Crippen molar-refractivity contribution in [3.63, 3.8) is 0 Å². The van der Waals surface area contributed by atoms with Crippen LogP contribution in [0, 0.1) is 6.42 Å². The smallest absolute Gasteiger partial charge is 0.358 e. The lowest BCUT2D eigenvalue weighted by Crippen LogP contribution is -2.46. The van der Waals surface area contributed by atoms with Crippen LogP contribution >= 0.6 is 0 Å². The summed E-state index contributed by atoms with van der Waals surface area (Å²) in [4.78, 5) is 37.8. The summed E-state index contributed by atoms with van der Waals surface area (Å²) in [7, 11) is 1.26. The summed E-state index contributed by atoms with van der Waals surface area (Å²) in [5.74, 6) is -1.33. The second kappa shape index (κ2) is 8.95. The van der Waals surface area contributed by atoms with Gasteiger partial charge in [0.1, 0.15) is 6.61 Å². The van der Waals surface area contributed by atoms with Gasteiger partial charge in [0.15, 0.2) is 17.5 Å². The minimum Gasteiger partial charge on any atom is -0.464 e. The normalized spacial score (nSPS) is 21.4. The summed E-state index contributed by atoms with van der Waals surface area (Å²) in [6.07, 6.45) is -0.224. The molecule has 0 bridgehead atoms. The lowest BCUT2D eigenvalue weighted by molar-refractivity contribution is -0.209. The fourth-order valence-corrected chi connectivity index (χ4v) is 3.03. The van der Waals surface area contributed by atoms with E-state index in [1.54, 1.807) is 24.6 Å². The number of hydrogen-bond donors (Lipinski definition) is 1. The zero-order valence-corrected chi connectivity index (χ0v) is 16.3. The van der Waals surface area contributed by atoms with E-state index in [2.05, 4.69) is 4.98 Å². The van der Waals surface area contributed by atoms with E-state index in [1.807, 2.05) is 6.07 Å². The number of methoxy groups -OCH3 is 1. The fraction of sp³-hybridized carbons (Fsp3) is 0.400. The van der Waals surface area contributed by atoms with Gasteiger partial charge in [-0.1, -0.05) is 12.1 Å². The average molecular weight is 404 g/mol. The van der Waals surface area contributed by atoms with E-state index in [0.29, 0.717) is 17.3 Å². The number of fused-ring (bicyclic) bond motifs is 1. The second-order valence-electron chi connectivity index (χ2n) is 6.46. The molecule has 1 aliphatic rings. The van der Waals surface area contributed by atoms with Gasteiger partial charge >= 0.3 is 17.9 Å². The second-order valence-corrected chi connectivity index (χ2v) is 6.46. The molecule has 1 N–H and O–H groups in total. The van der Waals surface area contributed by atoms with E-state index < -0.39 is 36.4 Å². The third-order valence-corrected chi connectivity index (χ3v) is 4.28. The number of para-hydroxylation sites is 1. The third kappa shape index (κ3) is 4.86. The molecule has 1 aromatic carbocycles. The molecule has 0 saturated carbocycles. The van der Waals surface area contributed by atoms with Crippen molar-refractivity contribution in [2.75, 3.05) is 13.7 Å². The molecule has 9 nitrogen and oxygen atoms in total. The van der Waals surface area contributed by atoms with Gasteiger partial charge in [-0.05, 0) is 18.6 Å². The highest BCUT2D eigenvalue weighted by atomic mass is 16.7. The first-order valence-electron chi connectivity index (χ1n) is 9.04. The van der Waals surface area contributed by atoms with Crippen molar-refractivity contribution >= 4 is 28.8 Å². The van der Waals surface area contributed by atoms with Crippen molar-refractivity contribution in [3.05, 3.63) is 36.4 Å². The minimum absolute atomic E-state index is 0.0240. The first-order chi connectivity index (χ1) is 13.9. The van der Waals surface area contributed by atoms with Crippen LogP contribution in [0.5, 0.6) is 5.75 Å². The lowest BCUT2D eigenvalue weighted by Gasteiger charge is -2.35. The van der Waals surface area contributed by atoms with Gasteiger partial charge in [-0.2, -0.15) is 0 Å². The van der Waals surface area contributed by atoms with Crippen LogP contribution in [0.4, 0.5) is 0 Å². The van der Waals surface area contributed by atoms with E-state index in [0.717, 1.165) is 0 Å². The number of benzene rings is 1. The summed E-state index contributed by atoms with van der Waals surface area (Å²) in [5.41, 5.74) is 0.782. The van der Waals surface area contributed by atoms with Crippen molar-refractivity contribution in [1.82, 2.24) is 4.98 Å². The number of esters is 3. The van der Waals surface area contributed by atoms with Gasteiger partial charge < -0.3 is 28.7 Å². The number of aromatic amines is 1. The van der Waals surface area contributed by atoms with Crippen molar-refractivity contribution in [3.8, 4) is 5.75 Å². The number of carbonyl (C=O) groups is 3. The zero-order valence-electron chi connectivity index (χ0n) is 16.3. The molecule has 29 heavy (non-hydrogen) atoms. The largest absolute Gasteiger partial charge is 0.464 e. The van der Waals surface area contributed by atoms with Crippen LogP contribution in [0.2, 0.25) is 0 Å². The highest BCUT2D eigenvalue weighted by Crippen LogP contribution is 2.34. The predicted molar refractivity (Wildman–Crippen MR) is 100 cm³/mol. The van der Waals surface area contributed by atoms with Crippen LogP contribution < -0.4 is 4.74 Å². The maximum absolute atomic E-state index is 12.2. The Balaban J connectivity index is 1.90. The molecule has 155 valence electrons. The molecule has 9 heteroatoms. The number of aromatic nitrogens is 1. The lowest BCUT2D eigenvalue weighted by atomic mass is 10.1. The maximum Gasteiger partial charge on any atom is 0.358 e. The topological polar surface area (TPSA) is 113 Å². The van der Waals surface area contributed by atoms with Crippen molar-refractivity contribution in [2.45, 2.75) is 38.8 Å². The highest BCUT2D eigenvalue weighted by molar-refractivity contribution is 6.00. The molecule has 1 fully saturated rings. The van der Waals surface area contributed by atoms with E-state index >= 15 is 0 Å². The molecule has 1 unspecified atom stereocenters. The highest BCUT2D eigenvalue weighted by Gasteiger charge is 2.37. The van der Waals surface area contributed by atoms with Gasteiger partial charge in [0, 0.05) is 31.2 Å². The van der Waals surface area contributed by atoms with Gasteiger partial charge in [0.25, 0.3) is 0 Å². The van der Waals surface area contributed by atoms with Gasteiger partial charge in [-0.25, -0.2) is 4.79 Å². The Hall–Kier alpha value is -3.07. The van der Waals surface area contributed by atoms with Crippen LogP contribution in [0.25, 0.3) is 10.9 Å². The Morgan fingerprint density at radius 1 is 1.17 bits per heavy atom.